The predicted octanol–water partition coefficient (Wildman–Crippen LogP) is 4.80. The molecule has 2 aliphatic heterocycles. The van der Waals surface area contributed by atoms with E-state index in [-0.39, 0.29) is 17.0 Å². The molecule has 4 heterocycles. The fourth-order valence-electron chi connectivity index (χ4n) is 5.76. The van der Waals surface area contributed by atoms with Crippen molar-refractivity contribution in [3.63, 3.8) is 0 Å². The summed E-state index contributed by atoms with van der Waals surface area (Å²) in [6, 6.07) is 9.32. The molecule has 36 heavy (non-hydrogen) atoms. The third-order valence-corrected chi connectivity index (χ3v) is 7.48. The highest BCUT2D eigenvalue weighted by Crippen LogP contribution is 2.45. The van der Waals surface area contributed by atoms with Crippen LogP contribution >= 0.6 is 11.6 Å². The Hall–Kier alpha value is -2.72. The average Bonchev–Trinajstić information content (AvgIpc) is 3.59. The van der Waals surface area contributed by atoms with E-state index in [2.05, 4.69) is 15.3 Å². The van der Waals surface area contributed by atoms with Gasteiger partial charge in [0.25, 0.3) is 0 Å². The second kappa shape index (κ2) is 8.99. The third kappa shape index (κ3) is 4.24. The van der Waals surface area contributed by atoms with Gasteiger partial charge in [0.1, 0.15) is 23.7 Å². The number of nitrogens with one attached hydrogen (secondary N) is 1. The molecule has 4 atom stereocenters. The van der Waals surface area contributed by atoms with Crippen LogP contribution in [-0.4, -0.2) is 55.8 Å². The number of aromatic carboxylic acids is 1. The Balaban J connectivity index is 1.35. The molecule has 1 aliphatic carbocycles. The number of ether oxygens (including phenoxy) is 3. The normalized spacial score (nSPS) is 27.5. The summed E-state index contributed by atoms with van der Waals surface area (Å²) in [6.45, 7) is 3.75. The number of anilines is 1. The van der Waals surface area contributed by atoms with Gasteiger partial charge in [-0.15, -0.1) is 0 Å². The summed E-state index contributed by atoms with van der Waals surface area (Å²) in [5, 5.41) is 14.2. The van der Waals surface area contributed by atoms with E-state index in [0.717, 1.165) is 24.0 Å². The zero-order valence-electron chi connectivity index (χ0n) is 20.2. The first kappa shape index (κ1) is 23.7. The number of nitrogens with zero attached hydrogens (tertiary/aromatic N) is 3. The summed E-state index contributed by atoms with van der Waals surface area (Å²) >= 11 is 6.36. The van der Waals surface area contributed by atoms with E-state index in [0.29, 0.717) is 23.7 Å². The minimum absolute atomic E-state index is 0.161. The largest absolute Gasteiger partial charge is 0.478 e. The Morgan fingerprint density at radius 2 is 1.92 bits per heavy atom. The highest BCUT2D eigenvalue weighted by atomic mass is 35.5. The summed E-state index contributed by atoms with van der Waals surface area (Å²) < 4.78 is 21.0. The molecular formula is C26H29ClN4O5. The van der Waals surface area contributed by atoms with Crippen molar-refractivity contribution in [2.75, 3.05) is 5.32 Å². The lowest BCUT2D eigenvalue weighted by molar-refractivity contribution is -0.196. The van der Waals surface area contributed by atoms with E-state index >= 15 is 0 Å². The van der Waals surface area contributed by atoms with Crippen molar-refractivity contribution in [2.24, 2.45) is 0 Å². The minimum Gasteiger partial charge on any atom is -0.478 e. The molecule has 0 spiro atoms. The van der Waals surface area contributed by atoms with Gasteiger partial charge in [0, 0.05) is 18.7 Å². The maximum Gasteiger partial charge on any atom is 0.335 e. The van der Waals surface area contributed by atoms with Crippen LogP contribution in [0.1, 0.15) is 61.7 Å². The van der Waals surface area contributed by atoms with Gasteiger partial charge in [-0.1, -0.05) is 31.0 Å². The van der Waals surface area contributed by atoms with Gasteiger partial charge in [-0.25, -0.2) is 9.78 Å². The van der Waals surface area contributed by atoms with Crippen molar-refractivity contribution in [3.05, 3.63) is 52.9 Å². The van der Waals surface area contributed by atoms with Crippen molar-refractivity contribution < 1.29 is 24.1 Å². The van der Waals surface area contributed by atoms with Gasteiger partial charge in [0.15, 0.2) is 12.0 Å². The van der Waals surface area contributed by atoms with E-state index in [4.69, 9.17) is 25.8 Å². The Kier molecular flexibility index (Phi) is 5.91. The van der Waals surface area contributed by atoms with Crippen LogP contribution in [0.2, 0.25) is 5.28 Å². The summed E-state index contributed by atoms with van der Waals surface area (Å²) in [4.78, 5) is 20.8. The summed E-state index contributed by atoms with van der Waals surface area (Å²) in [6.07, 6.45) is 5.21. The van der Waals surface area contributed by atoms with E-state index in [1.54, 1.807) is 12.1 Å². The zero-order chi connectivity index (χ0) is 25.0. The van der Waals surface area contributed by atoms with E-state index in [1.807, 2.05) is 42.8 Å². The number of benzene rings is 1. The van der Waals surface area contributed by atoms with Gasteiger partial charge in [-0.3, -0.25) is 0 Å². The standard InChI is InChI=1S/C26H29ClN4O5/c1-26(2)35-19-18(13-14-7-3-6-10-16(14)24(32)33)34-23(20(19)36-26)31-12-11-17-21(28-15-8-4-5-9-15)29-25(27)30-22(17)31/h3,6-7,10-12,15,18-20,23H,4-5,8-9,13H2,1-2H3,(H,32,33)(H,28,29,30)/t18-,19-,20-,23-/m1/s1. The van der Waals surface area contributed by atoms with Crippen LogP contribution < -0.4 is 5.32 Å². The van der Waals surface area contributed by atoms with Crippen LogP contribution in [0.5, 0.6) is 0 Å². The van der Waals surface area contributed by atoms with Crippen molar-refractivity contribution in [2.45, 2.75) is 82.3 Å². The van der Waals surface area contributed by atoms with Crippen LogP contribution in [-0.2, 0) is 20.6 Å². The molecule has 0 radical (unpaired) electrons. The molecular weight excluding hydrogens is 484 g/mol. The molecule has 190 valence electrons. The first-order chi connectivity index (χ1) is 17.3. The average molecular weight is 513 g/mol. The second-order valence-corrected chi connectivity index (χ2v) is 10.6. The number of carbonyl (C=O) groups is 1. The zero-order valence-corrected chi connectivity index (χ0v) is 20.9. The third-order valence-electron chi connectivity index (χ3n) is 7.31. The van der Waals surface area contributed by atoms with E-state index in [9.17, 15) is 9.90 Å². The van der Waals surface area contributed by atoms with Crippen LogP contribution in [0.25, 0.3) is 11.0 Å². The highest BCUT2D eigenvalue weighted by Gasteiger charge is 2.56. The lowest BCUT2D eigenvalue weighted by Gasteiger charge is -2.25. The van der Waals surface area contributed by atoms with E-state index < -0.39 is 30.2 Å². The number of aromatic nitrogens is 3. The van der Waals surface area contributed by atoms with Gasteiger partial charge < -0.3 is 29.2 Å². The molecule has 2 N–H and O–H groups in total. The van der Waals surface area contributed by atoms with Crippen molar-refractivity contribution >= 4 is 34.4 Å². The molecule has 3 aliphatic rings. The van der Waals surface area contributed by atoms with Gasteiger partial charge in [-0.05, 0) is 56.0 Å². The maximum absolute atomic E-state index is 11.8. The van der Waals surface area contributed by atoms with Gasteiger partial charge in [0.05, 0.1) is 17.1 Å². The maximum atomic E-state index is 11.8. The molecule has 3 aromatic rings. The Morgan fingerprint density at radius 1 is 1.17 bits per heavy atom. The first-order valence-corrected chi connectivity index (χ1v) is 12.8. The minimum atomic E-state index is -0.967. The highest BCUT2D eigenvalue weighted by molar-refractivity contribution is 6.28. The topological polar surface area (TPSA) is 108 Å². The number of rotatable bonds is 6. The Labute approximate surface area is 213 Å². The van der Waals surface area contributed by atoms with Gasteiger partial charge in [-0.2, -0.15) is 4.98 Å². The fourth-order valence-corrected chi connectivity index (χ4v) is 5.92. The van der Waals surface area contributed by atoms with Crippen LogP contribution in [0, 0.1) is 0 Å². The quantitative estimate of drug-likeness (QED) is 0.453. The molecule has 1 aromatic carbocycles. The summed E-state index contributed by atoms with van der Waals surface area (Å²) in [7, 11) is 0. The molecule has 0 amide bonds. The molecule has 2 aromatic heterocycles. The van der Waals surface area contributed by atoms with Crippen LogP contribution in [0.4, 0.5) is 5.82 Å². The molecule has 3 fully saturated rings. The number of hydrogen-bond donors (Lipinski definition) is 2. The number of carboxylic acids is 1. The lowest BCUT2D eigenvalue weighted by Crippen LogP contribution is -2.31. The van der Waals surface area contributed by atoms with Crippen molar-refractivity contribution in [1.29, 1.82) is 0 Å². The molecule has 6 rings (SSSR count). The number of carboxylic acid groups (broad SMARTS) is 1. The molecule has 0 unspecified atom stereocenters. The molecule has 9 nitrogen and oxygen atoms in total. The fraction of sp³-hybridized carbons (Fsp3) is 0.500. The van der Waals surface area contributed by atoms with Crippen LogP contribution in [0.3, 0.4) is 0 Å². The number of fused-ring (bicyclic) bond motifs is 2. The van der Waals surface area contributed by atoms with Gasteiger partial charge >= 0.3 is 5.97 Å². The van der Waals surface area contributed by atoms with E-state index in [1.165, 1.54) is 12.8 Å². The smallest absolute Gasteiger partial charge is 0.335 e. The Morgan fingerprint density at radius 3 is 2.69 bits per heavy atom. The first-order valence-electron chi connectivity index (χ1n) is 12.4. The summed E-state index contributed by atoms with van der Waals surface area (Å²) in [5.41, 5.74) is 1.60. The van der Waals surface area contributed by atoms with Crippen molar-refractivity contribution in [3.8, 4) is 0 Å². The molecule has 1 saturated carbocycles. The predicted molar refractivity (Wildman–Crippen MR) is 133 cm³/mol. The second-order valence-electron chi connectivity index (χ2n) is 10.2. The van der Waals surface area contributed by atoms with Gasteiger partial charge in [0.2, 0.25) is 5.28 Å². The van der Waals surface area contributed by atoms with Crippen LogP contribution in [0.15, 0.2) is 36.5 Å². The number of halogens is 1. The van der Waals surface area contributed by atoms with Crippen molar-refractivity contribution in [1.82, 2.24) is 14.5 Å². The molecule has 10 heteroatoms. The number of hydrogen-bond acceptors (Lipinski definition) is 7. The Bertz CT molecular complexity index is 1300. The monoisotopic (exact) mass is 512 g/mol. The molecule has 2 saturated heterocycles. The SMILES string of the molecule is CC1(C)O[C@@H]2[C@H](O1)[C@@H](Cc1ccccc1C(=O)O)O[C@H]2n1ccc2c(NC3CCCC3)nc(Cl)nc21. The summed E-state index contributed by atoms with van der Waals surface area (Å²) in [5.74, 6) is -1.04. The lowest BCUT2D eigenvalue weighted by atomic mass is 9.98. The molecule has 0 bridgehead atoms.